The maximum Gasteiger partial charge on any atom is 0.118 e. The first-order chi connectivity index (χ1) is 7.76. The third kappa shape index (κ3) is 4.81. The van der Waals surface area contributed by atoms with Gasteiger partial charge in [0.05, 0.1) is 12.8 Å². The molecule has 0 bridgehead atoms. The van der Waals surface area contributed by atoms with E-state index >= 15 is 0 Å². The van der Waals surface area contributed by atoms with Gasteiger partial charge in [0.1, 0.15) is 5.76 Å². The van der Waals surface area contributed by atoms with E-state index in [-0.39, 0.29) is 0 Å². The van der Waals surface area contributed by atoms with E-state index in [1.165, 1.54) is 24.8 Å². The van der Waals surface area contributed by atoms with Crippen molar-refractivity contribution in [2.45, 2.75) is 39.3 Å². The first-order valence-electron chi connectivity index (χ1n) is 6.15. The summed E-state index contributed by atoms with van der Waals surface area (Å²) >= 11 is 0. The Bertz CT molecular complexity index is 283. The number of hydrogen-bond donors (Lipinski definition) is 1. The van der Waals surface area contributed by atoms with Crippen LogP contribution in [0.15, 0.2) is 16.7 Å². The van der Waals surface area contributed by atoms with Gasteiger partial charge in [0.15, 0.2) is 0 Å². The van der Waals surface area contributed by atoms with E-state index in [0.29, 0.717) is 0 Å². The second-order valence-corrected chi connectivity index (χ2v) is 4.40. The lowest BCUT2D eigenvalue weighted by molar-refractivity contribution is 0.289. The predicted octanol–water partition coefficient (Wildman–Crippen LogP) is 2.62. The highest BCUT2D eigenvalue weighted by molar-refractivity contribution is 5.12. The van der Waals surface area contributed by atoms with Crippen molar-refractivity contribution < 1.29 is 4.42 Å². The van der Waals surface area contributed by atoms with Gasteiger partial charge < -0.3 is 9.73 Å². The van der Waals surface area contributed by atoms with Gasteiger partial charge in [0.25, 0.3) is 0 Å². The van der Waals surface area contributed by atoms with Crippen molar-refractivity contribution in [3.63, 3.8) is 0 Å². The molecule has 0 fully saturated rings. The van der Waals surface area contributed by atoms with Crippen LogP contribution in [0.4, 0.5) is 0 Å². The van der Waals surface area contributed by atoms with E-state index < -0.39 is 0 Å². The Morgan fingerprint density at radius 2 is 2.19 bits per heavy atom. The zero-order valence-corrected chi connectivity index (χ0v) is 10.8. The first-order valence-corrected chi connectivity index (χ1v) is 6.15. The molecule has 1 N–H and O–H groups in total. The van der Waals surface area contributed by atoms with Crippen LogP contribution in [-0.4, -0.2) is 25.5 Å². The highest BCUT2D eigenvalue weighted by Gasteiger charge is 2.04. The Kier molecular flexibility index (Phi) is 6.19. The number of hydrogen-bond acceptors (Lipinski definition) is 3. The lowest BCUT2D eigenvalue weighted by atomic mass is 10.2. The van der Waals surface area contributed by atoms with E-state index in [9.17, 15) is 0 Å². The normalized spacial score (nSPS) is 11.2. The fourth-order valence-corrected chi connectivity index (χ4v) is 1.78. The molecule has 1 aromatic heterocycles. The molecule has 0 aliphatic heterocycles. The van der Waals surface area contributed by atoms with Crippen molar-refractivity contribution in [2.75, 3.05) is 20.6 Å². The molecule has 0 aliphatic carbocycles. The van der Waals surface area contributed by atoms with Crippen LogP contribution in [0.25, 0.3) is 0 Å². The van der Waals surface area contributed by atoms with Gasteiger partial charge in [-0.15, -0.1) is 0 Å². The maximum atomic E-state index is 5.51. The van der Waals surface area contributed by atoms with Crippen molar-refractivity contribution in [1.29, 1.82) is 0 Å². The van der Waals surface area contributed by atoms with Crippen molar-refractivity contribution in [3.8, 4) is 0 Å². The fourth-order valence-electron chi connectivity index (χ4n) is 1.78. The van der Waals surface area contributed by atoms with Gasteiger partial charge in [0.2, 0.25) is 0 Å². The van der Waals surface area contributed by atoms with Crippen LogP contribution in [0.2, 0.25) is 0 Å². The molecule has 0 saturated carbocycles. The molecular formula is C13H24N2O. The Balaban J connectivity index is 2.28. The minimum atomic E-state index is 0.878. The second kappa shape index (κ2) is 7.47. The van der Waals surface area contributed by atoms with E-state index in [1.54, 1.807) is 0 Å². The SMILES string of the molecule is CCCCCN(C)Cc1cc(CNC)co1. The smallest absolute Gasteiger partial charge is 0.118 e. The Labute approximate surface area is 98.8 Å². The Hall–Kier alpha value is -0.800. The second-order valence-electron chi connectivity index (χ2n) is 4.40. The Morgan fingerprint density at radius 3 is 2.88 bits per heavy atom. The van der Waals surface area contributed by atoms with Crippen molar-refractivity contribution in [1.82, 2.24) is 10.2 Å². The van der Waals surface area contributed by atoms with Crippen LogP contribution >= 0.6 is 0 Å². The minimum absolute atomic E-state index is 0.878. The number of nitrogens with one attached hydrogen (secondary N) is 1. The van der Waals surface area contributed by atoms with Crippen LogP contribution < -0.4 is 5.32 Å². The lowest BCUT2D eigenvalue weighted by Crippen LogP contribution is -2.18. The number of unbranched alkanes of at least 4 members (excludes halogenated alkanes) is 2. The van der Waals surface area contributed by atoms with E-state index in [1.807, 2.05) is 13.3 Å². The van der Waals surface area contributed by atoms with Crippen LogP contribution in [0.3, 0.4) is 0 Å². The molecule has 1 aromatic rings. The predicted molar refractivity (Wildman–Crippen MR) is 67.3 cm³/mol. The van der Waals surface area contributed by atoms with E-state index in [0.717, 1.165) is 25.4 Å². The molecule has 1 rings (SSSR count). The third-order valence-corrected chi connectivity index (χ3v) is 2.66. The summed E-state index contributed by atoms with van der Waals surface area (Å²) in [6.45, 7) is 5.17. The summed E-state index contributed by atoms with van der Waals surface area (Å²) in [6.07, 6.45) is 5.71. The van der Waals surface area contributed by atoms with Gasteiger partial charge in [-0.1, -0.05) is 19.8 Å². The van der Waals surface area contributed by atoms with Gasteiger partial charge in [-0.2, -0.15) is 0 Å². The number of furan rings is 1. The molecule has 0 atom stereocenters. The summed E-state index contributed by atoms with van der Waals surface area (Å²) in [5.74, 6) is 1.06. The molecule has 0 saturated heterocycles. The summed E-state index contributed by atoms with van der Waals surface area (Å²) in [6, 6.07) is 2.13. The summed E-state index contributed by atoms with van der Waals surface area (Å²) in [5.41, 5.74) is 1.22. The van der Waals surface area contributed by atoms with Gasteiger partial charge in [-0.25, -0.2) is 0 Å². The minimum Gasteiger partial charge on any atom is -0.468 e. The molecule has 0 aromatic carbocycles. The maximum absolute atomic E-state index is 5.51. The van der Waals surface area contributed by atoms with Crippen LogP contribution in [0.5, 0.6) is 0 Å². The van der Waals surface area contributed by atoms with Crippen molar-refractivity contribution in [3.05, 3.63) is 23.7 Å². The quantitative estimate of drug-likeness (QED) is 0.688. The van der Waals surface area contributed by atoms with Gasteiger partial charge in [0, 0.05) is 12.1 Å². The molecule has 1 heterocycles. The average Bonchev–Trinajstić information content (AvgIpc) is 2.66. The topological polar surface area (TPSA) is 28.4 Å². The summed E-state index contributed by atoms with van der Waals surface area (Å²) in [5, 5.41) is 3.12. The number of rotatable bonds is 8. The van der Waals surface area contributed by atoms with Crippen LogP contribution in [-0.2, 0) is 13.1 Å². The molecule has 0 amide bonds. The molecule has 0 aliphatic rings. The van der Waals surface area contributed by atoms with Crippen molar-refractivity contribution in [2.24, 2.45) is 0 Å². The molecule has 92 valence electrons. The van der Waals surface area contributed by atoms with Gasteiger partial charge >= 0.3 is 0 Å². The zero-order valence-electron chi connectivity index (χ0n) is 10.8. The third-order valence-electron chi connectivity index (χ3n) is 2.66. The molecular weight excluding hydrogens is 200 g/mol. The molecule has 0 radical (unpaired) electrons. The number of nitrogens with zero attached hydrogens (tertiary/aromatic N) is 1. The zero-order chi connectivity index (χ0) is 11.8. The van der Waals surface area contributed by atoms with Crippen LogP contribution in [0.1, 0.15) is 37.5 Å². The molecule has 0 spiro atoms. The van der Waals surface area contributed by atoms with Gasteiger partial charge in [-0.05, 0) is 33.1 Å². The standard InChI is InChI=1S/C13H24N2O/c1-4-5-6-7-15(3)10-13-8-12(9-14-2)11-16-13/h8,11,14H,4-7,9-10H2,1-3H3. The molecule has 0 unspecified atom stereocenters. The molecule has 3 heteroatoms. The monoisotopic (exact) mass is 224 g/mol. The molecule has 3 nitrogen and oxygen atoms in total. The summed E-state index contributed by atoms with van der Waals surface area (Å²) in [7, 11) is 4.10. The summed E-state index contributed by atoms with van der Waals surface area (Å²) < 4.78 is 5.51. The summed E-state index contributed by atoms with van der Waals surface area (Å²) in [4.78, 5) is 2.32. The Morgan fingerprint density at radius 1 is 1.38 bits per heavy atom. The first kappa shape index (κ1) is 13.3. The van der Waals surface area contributed by atoms with E-state index in [2.05, 4.69) is 30.3 Å². The molecule has 16 heavy (non-hydrogen) atoms. The van der Waals surface area contributed by atoms with Gasteiger partial charge in [-0.3, -0.25) is 4.90 Å². The largest absolute Gasteiger partial charge is 0.468 e. The highest BCUT2D eigenvalue weighted by Crippen LogP contribution is 2.10. The highest BCUT2D eigenvalue weighted by atomic mass is 16.3. The lowest BCUT2D eigenvalue weighted by Gasteiger charge is -2.14. The van der Waals surface area contributed by atoms with Crippen molar-refractivity contribution >= 4 is 0 Å². The van der Waals surface area contributed by atoms with Crippen LogP contribution in [0, 0.1) is 0 Å². The average molecular weight is 224 g/mol. The van der Waals surface area contributed by atoms with E-state index in [4.69, 9.17) is 4.42 Å². The fraction of sp³-hybridized carbons (Fsp3) is 0.692.